The Labute approximate surface area is 159 Å². The van der Waals surface area contributed by atoms with E-state index < -0.39 is 0 Å². The quantitative estimate of drug-likeness (QED) is 0.658. The van der Waals surface area contributed by atoms with Crippen molar-refractivity contribution in [3.8, 4) is 11.5 Å². The summed E-state index contributed by atoms with van der Waals surface area (Å²) in [6.07, 6.45) is 7.91. The Morgan fingerprint density at radius 3 is 2.59 bits per heavy atom. The van der Waals surface area contributed by atoms with Gasteiger partial charge in [0.15, 0.2) is 5.96 Å². The standard InChI is InChI=1S/C21H27FN4O/c1-23-21(26-12-16-4-2-3-5-17(16)13-26)24-11-10-19-14-27-20(25-19)15-6-8-18(22)9-7-15/h6-9,14,16-17H,2-5,10-13H2,1H3,(H,23,24). The number of fused-ring (bicyclic) bond motifs is 1. The van der Waals surface area contributed by atoms with Crippen LogP contribution in [0.25, 0.3) is 11.5 Å². The lowest BCUT2D eigenvalue weighted by Gasteiger charge is -2.22. The third-order valence-corrected chi connectivity index (χ3v) is 5.79. The number of aliphatic imine (C=N–C) groups is 1. The molecule has 2 heterocycles. The molecule has 1 saturated carbocycles. The summed E-state index contributed by atoms with van der Waals surface area (Å²) in [5, 5.41) is 3.47. The average molecular weight is 370 g/mol. The third-order valence-electron chi connectivity index (χ3n) is 5.79. The highest BCUT2D eigenvalue weighted by Crippen LogP contribution is 2.35. The molecule has 6 heteroatoms. The molecule has 1 aliphatic heterocycles. The van der Waals surface area contributed by atoms with Crippen LogP contribution in [0, 0.1) is 17.7 Å². The number of likely N-dealkylation sites (tertiary alicyclic amines) is 1. The van der Waals surface area contributed by atoms with E-state index in [4.69, 9.17) is 4.42 Å². The van der Waals surface area contributed by atoms with Gasteiger partial charge >= 0.3 is 0 Å². The van der Waals surface area contributed by atoms with Crippen LogP contribution in [0.4, 0.5) is 4.39 Å². The van der Waals surface area contributed by atoms with E-state index in [1.807, 2.05) is 7.05 Å². The molecule has 1 aliphatic carbocycles. The maximum Gasteiger partial charge on any atom is 0.226 e. The van der Waals surface area contributed by atoms with Crippen molar-refractivity contribution >= 4 is 5.96 Å². The summed E-state index contributed by atoms with van der Waals surface area (Å²) >= 11 is 0. The number of nitrogens with one attached hydrogen (secondary N) is 1. The van der Waals surface area contributed by atoms with Crippen LogP contribution in [0.5, 0.6) is 0 Å². The summed E-state index contributed by atoms with van der Waals surface area (Å²) in [7, 11) is 1.85. The smallest absolute Gasteiger partial charge is 0.226 e. The molecular weight excluding hydrogens is 343 g/mol. The molecule has 1 saturated heterocycles. The van der Waals surface area contributed by atoms with Gasteiger partial charge in [0.2, 0.25) is 5.89 Å². The first-order chi connectivity index (χ1) is 13.2. The number of rotatable bonds is 4. The molecule has 2 fully saturated rings. The lowest BCUT2D eigenvalue weighted by atomic mass is 9.82. The van der Waals surface area contributed by atoms with Crippen molar-refractivity contribution < 1.29 is 8.81 Å². The number of guanidine groups is 1. The Morgan fingerprint density at radius 1 is 1.22 bits per heavy atom. The van der Waals surface area contributed by atoms with Crippen LogP contribution in [-0.2, 0) is 6.42 Å². The third kappa shape index (κ3) is 4.15. The van der Waals surface area contributed by atoms with Gasteiger partial charge in [-0.3, -0.25) is 4.99 Å². The highest BCUT2D eigenvalue weighted by molar-refractivity contribution is 5.80. The summed E-state index contributed by atoms with van der Waals surface area (Å²) in [6.45, 7) is 3.01. The minimum absolute atomic E-state index is 0.261. The SMILES string of the molecule is CN=C(NCCc1coc(-c2ccc(F)cc2)n1)N1CC2CCCCC2C1. The molecule has 0 spiro atoms. The van der Waals surface area contributed by atoms with E-state index in [2.05, 4.69) is 20.2 Å². The number of hydrogen-bond donors (Lipinski definition) is 1. The minimum atomic E-state index is -0.261. The van der Waals surface area contributed by atoms with Gasteiger partial charge in [-0.1, -0.05) is 12.8 Å². The van der Waals surface area contributed by atoms with Crippen LogP contribution in [0.1, 0.15) is 31.4 Å². The Hall–Kier alpha value is -2.37. The van der Waals surface area contributed by atoms with Crippen LogP contribution >= 0.6 is 0 Å². The highest BCUT2D eigenvalue weighted by atomic mass is 19.1. The molecule has 1 N–H and O–H groups in total. The molecule has 2 aromatic rings. The van der Waals surface area contributed by atoms with Gasteiger partial charge in [0.25, 0.3) is 0 Å². The first-order valence-electron chi connectivity index (χ1n) is 9.89. The second kappa shape index (κ2) is 8.11. The predicted molar refractivity (Wildman–Crippen MR) is 104 cm³/mol. The molecule has 144 valence electrons. The van der Waals surface area contributed by atoms with E-state index in [9.17, 15) is 4.39 Å². The van der Waals surface area contributed by atoms with Gasteiger partial charge < -0.3 is 14.6 Å². The van der Waals surface area contributed by atoms with Crippen LogP contribution in [-0.4, -0.2) is 42.5 Å². The molecule has 2 atom stereocenters. The van der Waals surface area contributed by atoms with Gasteiger partial charge in [-0.15, -0.1) is 0 Å². The maximum absolute atomic E-state index is 13.0. The normalized spacial score (nSPS) is 22.7. The van der Waals surface area contributed by atoms with Crippen molar-refractivity contribution in [1.29, 1.82) is 0 Å². The maximum atomic E-state index is 13.0. The molecule has 0 amide bonds. The fourth-order valence-electron chi connectivity index (χ4n) is 4.36. The number of aromatic nitrogens is 1. The van der Waals surface area contributed by atoms with Crippen molar-refractivity contribution in [1.82, 2.24) is 15.2 Å². The van der Waals surface area contributed by atoms with Crippen LogP contribution in [0.2, 0.25) is 0 Å². The zero-order valence-electron chi connectivity index (χ0n) is 15.8. The van der Waals surface area contributed by atoms with Crippen LogP contribution in [0.15, 0.2) is 39.9 Å². The Morgan fingerprint density at radius 2 is 1.93 bits per heavy atom. The Balaban J connectivity index is 1.29. The molecule has 4 rings (SSSR count). The fraction of sp³-hybridized carbons (Fsp3) is 0.524. The average Bonchev–Trinajstić information content (AvgIpc) is 3.33. The zero-order valence-corrected chi connectivity index (χ0v) is 15.8. The van der Waals surface area contributed by atoms with E-state index in [-0.39, 0.29) is 5.82 Å². The number of nitrogens with zero attached hydrogens (tertiary/aromatic N) is 3. The van der Waals surface area contributed by atoms with E-state index in [0.717, 1.165) is 55.1 Å². The largest absolute Gasteiger partial charge is 0.444 e. The second-order valence-electron chi connectivity index (χ2n) is 7.58. The van der Waals surface area contributed by atoms with Gasteiger partial charge in [0.05, 0.1) is 5.69 Å². The summed E-state index contributed by atoms with van der Waals surface area (Å²) in [5.74, 6) is 2.93. The topological polar surface area (TPSA) is 53.7 Å². The molecular formula is C21H27FN4O. The monoisotopic (exact) mass is 370 g/mol. The molecule has 0 bridgehead atoms. The summed E-state index contributed by atoms with van der Waals surface area (Å²) in [5.41, 5.74) is 1.67. The van der Waals surface area contributed by atoms with Crippen LogP contribution in [0.3, 0.4) is 0 Å². The van der Waals surface area contributed by atoms with Crippen molar-refractivity contribution in [2.45, 2.75) is 32.1 Å². The first-order valence-corrected chi connectivity index (χ1v) is 9.89. The molecule has 5 nitrogen and oxygen atoms in total. The second-order valence-corrected chi connectivity index (χ2v) is 7.58. The van der Waals surface area contributed by atoms with Gasteiger partial charge in [0.1, 0.15) is 12.1 Å². The molecule has 1 aromatic heterocycles. The predicted octanol–water partition coefficient (Wildman–Crippen LogP) is 3.72. The molecule has 2 aliphatic rings. The van der Waals surface area contributed by atoms with Crippen molar-refractivity contribution in [2.75, 3.05) is 26.7 Å². The minimum Gasteiger partial charge on any atom is -0.444 e. The van der Waals surface area contributed by atoms with Gasteiger partial charge in [0, 0.05) is 38.7 Å². The van der Waals surface area contributed by atoms with E-state index >= 15 is 0 Å². The van der Waals surface area contributed by atoms with E-state index in [1.165, 1.54) is 37.8 Å². The zero-order chi connectivity index (χ0) is 18.6. The lowest BCUT2D eigenvalue weighted by Crippen LogP contribution is -2.41. The highest BCUT2D eigenvalue weighted by Gasteiger charge is 2.35. The number of benzene rings is 1. The molecule has 2 unspecified atom stereocenters. The Bertz CT molecular complexity index is 772. The van der Waals surface area contributed by atoms with Crippen molar-refractivity contribution in [2.24, 2.45) is 16.8 Å². The number of halogens is 1. The lowest BCUT2D eigenvalue weighted by molar-refractivity contribution is 0.299. The summed E-state index contributed by atoms with van der Waals surface area (Å²) in [4.78, 5) is 11.4. The first kappa shape index (κ1) is 18.0. The number of hydrogen-bond acceptors (Lipinski definition) is 3. The summed E-state index contributed by atoms with van der Waals surface area (Å²) < 4.78 is 18.6. The van der Waals surface area contributed by atoms with Crippen molar-refractivity contribution in [3.05, 3.63) is 42.0 Å². The fourth-order valence-corrected chi connectivity index (χ4v) is 4.36. The summed E-state index contributed by atoms with van der Waals surface area (Å²) in [6, 6.07) is 6.19. The number of oxazole rings is 1. The Kier molecular flexibility index (Phi) is 5.41. The van der Waals surface area contributed by atoms with Crippen LogP contribution < -0.4 is 5.32 Å². The molecule has 1 aromatic carbocycles. The van der Waals surface area contributed by atoms with Gasteiger partial charge in [-0.2, -0.15) is 0 Å². The van der Waals surface area contributed by atoms with E-state index in [1.54, 1.807) is 18.4 Å². The molecule has 0 radical (unpaired) electrons. The van der Waals surface area contributed by atoms with E-state index in [0.29, 0.717) is 5.89 Å². The molecule has 27 heavy (non-hydrogen) atoms. The van der Waals surface area contributed by atoms with Gasteiger partial charge in [-0.25, -0.2) is 9.37 Å². The van der Waals surface area contributed by atoms with Gasteiger partial charge in [-0.05, 0) is 48.9 Å². The van der Waals surface area contributed by atoms with Crippen molar-refractivity contribution in [3.63, 3.8) is 0 Å².